The zero-order chi connectivity index (χ0) is 14.0. The van der Waals surface area contributed by atoms with Crippen LogP contribution in [0.5, 0.6) is 0 Å². The van der Waals surface area contributed by atoms with Crippen molar-refractivity contribution in [3.8, 4) is 0 Å². The molecular formula is C11H12ClN5O2. The van der Waals surface area contributed by atoms with Crippen LogP contribution in [0.25, 0.3) is 0 Å². The Morgan fingerprint density at radius 2 is 2.26 bits per heavy atom. The topological polar surface area (TPSA) is 85.9 Å². The molecule has 0 saturated heterocycles. The van der Waals surface area contributed by atoms with Gasteiger partial charge in [0.05, 0.1) is 10.6 Å². The summed E-state index contributed by atoms with van der Waals surface area (Å²) < 4.78 is 1.69. The summed E-state index contributed by atoms with van der Waals surface area (Å²) in [5.41, 5.74) is 1.70. The van der Waals surface area contributed by atoms with E-state index in [2.05, 4.69) is 15.4 Å². The second-order valence-electron chi connectivity index (χ2n) is 4.03. The van der Waals surface area contributed by atoms with Crippen molar-refractivity contribution in [2.75, 3.05) is 5.32 Å². The molecule has 2 aromatic rings. The molecule has 19 heavy (non-hydrogen) atoms. The van der Waals surface area contributed by atoms with Crippen LogP contribution in [-0.2, 0) is 13.6 Å². The van der Waals surface area contributed by atoms with Crippen LogP contribution in [0.3, 0.4) is 0 Å². The van der Waals surface area contributed by atoms with E-state index < -0.39 is 4.92 Å². The lowest BCUT2D eigenvalue weighted by molar-refractivity contribution is -0.384. The first-order valence-corrected chi connectivity index (χ1v) is 5.89. The number of halogens is 1. The van der Waals surface area contributed by atoms with Crippen LogP contribution in [0.2, 0.25) is 5.15 Å². The first kappa shape index (κ1) is 13.3. The fourth-order valence-corrected chi connectivity index (χ4v) is 1.85. The average Bonchev–Trinajstić information content (AvgIpc) is 2.65. The normalized spacial score (nSPS) is 10.5. The van der Waals surface area contributed by atoms with Crippen molar-refractivity contribution in [3.63, 3.8) is 0 Å². The Morgan fingerprint density at radius 3 is 2.84 bits per heavy atom. The standard InChI is InChI=1S/C11H12ClN5O2/c1-7-8(6-16(2)15-7)5-13-11-9(17(18)19)3-4-10(12)14-11/h3-4,6H,5H2,1-2H3,(H,13,14). The minimum absolute atomic E-state index is 0.106. The number of anilines is 1. The van der Waals surface area contributed by atoms with E-state index in [0.29, 0.717) is 6.54 Å². The first-order chi connectivity index (χ1) is 8.97. The van der Waals surface area contributed by atoms with Gasteiger partial charge >= 0.3 is 5.69 Å². The van der Waals surface area contributed by atoms with Crippen molar-refractivity contribution >= 4 is 23.1 Å². The van der Waals surface area contributed by atoms with E-state index in [1.807, 2.05) is 20.2 Å². The molecule has 8 heteroatoms. The number of aromatic nitrogens is 3. The number of rotatable bonds is 4. The minimum Gasteiger partial charge on any atom is -0.360 e. The van der Waals surface area contributed by atoms with E-state index in [1.165, 1.54) is 12.1 Å². The average molecular weight is 282 g/mol. The van der Waals surface area contributed by atoms with Gasteiger partial charge in [-0.3, -0.25) is 14.8 Å². The molecule has 0 aromatic carbocycles. The fourth-order valence-electron chi connectivity index (χ4n) is 1.71. The molecule has 1 N–H and O–H groups in total. The number of aryl methyl sites for hydroxylation is 2. The van der Waals surface area contributed by atoms with Crippen LogP contribution in [0, 0.1) is 17.0 Å². The Kier molecular flexibility index (Phi) is 3.66. The largest absolute Gasteiger partial charge is 0.360 e. The number of nitrogens with zero attached hydrogens (tertiary/aromatic N) is 4. The van der Waals surface area contributed by atoms with Crippen molar-refractivity contribution < 1.29 is 4.92 Å². The van der Waals surface area contributed by atoms with Gasteiger partial charge in [0.15, 0.2) is 0 Å². The highest BCUT2D eigenvalue weighted by Gasteiger charge is 2.16. The minimum atomic E-state index is -0.498. The van der Waals surface area contributed by atoms with Gasteiger partial charge in [-0.25, -0.2) is 4.98 Å². The zero-order valence-electron chi connectivity index (χ0n) is 10.4. The molecule has 0 bridgehead atoms. The van der Waals surface area contributed by atoms with Crippen molar-refractivity contribution in [1.82, 2.24) is 14.8 Å². The summed E-state index contributed by atoms with van der Waals surface area (Å²) in [6.45, 7) is 2.27. The lowest BCUT2D eigenvalue weighted by Crippen LogP contribution is -2.05. The second kappa shape index (κ2) is 5.23. The van der Waals surface area contributed by atoms with Gasteiger partial charge < -0.3 is 5.32 Å². The second-order valence-corrected chi connectivity index (χ2v) is 4.41. The fraction of sp³-hybridized carbons (Fsp3) is 0.273. The lowest BCUT2D eigenvalue weighted by Gasteiger charge is -2.05. The highest BCUT2D eigenvalue weighted by atomic mass is 35.5. The number of nitrogens with one attached hydrogen (secondary N) is 1. The van der Waals surface area contributed by atoms with Crippen LogP contribution in [0.4, 0.5) is 11.5 Å². The van der Waals surface area contributed by atoms with Gasteiger partial charge in [0.25, 0.3) is 0 Å². The number of hydrogen-bond donors (Lipinski definition) is 1. The van der Waals surface area contributed by atoms with Crippen LogP contribution in [-0.4, -0.2) is 19.7 Å². The maximum absolute atomic E-state index is 10.9. The molecule has 0 radical (unpaired) electrons. The van der Waals surface area contributed by atoms with E-state index in [9.17, 15) is 10.1 Å². The molecule has 0 aliphatic rings. The highest BCUT2D eigenvalue weighted by molar-refractivity contribution is 6.29. The molecule has 0 aliphatic carbocycles. The SMILES string of the molecule is Cc1nn(C)cc1CNc1nc(Cl)ccc1[N+](=O)[O-]. The Hall–Kier alpha value is -2.15. The zero-order valence-corrected chi connectivity index (χ0v) is 11.2. The molecule has 7 nitrogen and oxygen atoms in total. The third-order valence-corrected chi connectivity index (χ3v) is 2.81. The van der Waals surface area contributed by atoms with Crippen LogP contribution in [0.1, 0.15) is 11.3 Å². The maximum atomic E-state index is 10.9. The van der Waals surface area contributed by atoms with E-state index in [-0.39, 0.29) is 16.7 Å². The summed E-state index contributed by atoms with van der Waals surface area (Å²) in [6.07, 6.45) is 1.85. The molecule has 0 unspecified atom stereocenters. The molecule has 0 spiro atoms. The Balaban J connectivity index is 2.21. The van der Waals surface area contributed by atoms with Crippen molar-refractivity contribution in [2.24, 2.45) is 7.05 Å². The summed E-state index contributed by atoms with van der Waals surface area (Å²) in [7, 11) is 1.82. The molecule has 0 atom stereocenters. The third kappa shape index (κ3) is 3.00. The van der Waals surface area contributed by atoms with E-state index in [0.717, 1.165) is 11.3 Å². The van der Waals surface area contributed by atoms with Gasteiger partial charge in [0.2, 0.25) is 5.82 Å². The molecule has 2 heterocycles. The van der Waals surface area contributed by atoms with Gasteiger partial charge in [-0.05, 0) is 13.0 Å². The summed E-state index contributed by atoms with van der Waals surface area (Å²) in [4.78, 5) is 14.3. The third-order valence-electron chi connectivity index (χ3n) is 2.60. The number of nitro groups is 1. The van der Waals surface area contributed by atoms with Crippen LogP contribution >= 0.6 is 11.6 Å². The summed E-state index contributed by atoms with van der Waals surface area (Å²) in [5, 5.41) is 18.2. The molecular weight excluding hydrogens is 270 g/mol. The number of hydrogen-bond acceptors (Lipinski definition) is 5. The quantitative estimate of drug-likeness (QED) is 0.528. The molecule has 0 amide bonds. The van der Waals surface area contributed by atoms with Gasteiger partial charge in [0, 0.05) is 31.4 Å². The van der Waals surface area contributed by atoms with Gasteiger partial charge in [-0.2, -0.15) is 5.10 Å². The van der Waals surface area contributed by atoms with Crippen molar-refractivity contribution in [2.45, 2.75) is 13.5 Å². The molecule has 2 aromatic heterocycles. The molecule has 0 saturated carbocycles. The smallest absolute Gasteiger partial charge is 0.311 e. The maximum Gasteiger partial charge on any atom is 0.311 e. The van der Waals surface area contributed by atoms with E-state index in [1.54, 1.807) is 4.68 Å². The predicted molar refractivity (Wildman–Crippen MR) is 71.2 cm³/mol. The molecule has 100 valence electrons. The van der Waals surface area contributed by atoms with E-state index >= 15 is 0 Å². The lowest BCUT2D eigenvalue weighted by atomic mass is 10.2. The van der Waals surface area contributed by atoms with Crippen molar-refractivity contribution in [3.05, 3.63) is 44.9 Å². The predicted octanol–water partition coefficient (Wildman–Crippen LogP) is 2.30. The summed E-state index contributed by atoms with van der Waals surface area (Å²) >= 11 is 5.75. The van der Waals surface area contributed by atoms with Gasteiger partial charge in [-0.1, -0.05) is 11.6 Å². The Labute approximate surface area is 114 Å². The Bertz CT molecular complexity index is 626. The number of pyridine rings is 1. The van der Waals surface area contributed by atoms with Crippen LogP contribution in [0.15, 0.2) is 18.3 Å². The monoisotopic (exact) mass is 281 g/mol. The van der Waals surface area contributed by atoms with Gasteiger partial charge in [-0.15, -0.1) is 0 Å². The highest BCUT2D eigenvalue weighted by Crippen LogP contribution is 2.24. The summed E-state index contributed by atoms with van der Waals surface area (Å²) in [6, 6.07) is 2.72. The van der Waals surface area contributed by atoms with Crippen LogP contribution < -0.4 is 5.32 Å². The van der Waals surface area contributed by atoms with Gasteiger partial charge in [0.1, 0.15) is 5.15 Å². The molecule has 0 fully saturated rings. The van der Waals surface area contributed by atoms with E-state index in [4.69, 9.17) is 11.6 Å². The Morgan fingerprint density at radius 1 is 1.53 bits per heavy atom. The summed E-state index contributed by atoms with van der Waals surface area (Å²) in [5.74, 6) is 0.153. The molecule has 0 aliphatic heterocycles. The molecule has 2 rings (SSSR count). The first-order valence-electron chi connectivity index (χ1n) is 5.51. The van der Waals surface area contributed by atoms with Crippen molar-refractivity contribution in [1.29, 1.82) is 0 Å².